The summed E-state index contributed by atoms with van der Waals surface area (Å²) in [7, 11) is 0. The maximum atomic E-state index is 10.5. The van der Waals surface area contributed by atoms with Crippen molar-refractivity contribution in [2.24, 2.45) is 11.8 Å². The van der Waals surface area contributed by atoms with Gasteiger partial charge < -0.3 is 15.0 Å². The summed E-state index contributed by atoms with van der Waals surface area (Å²) in [5, 5.41) is 19.2. The second-order valence-electron chi connectivity index (χ2n) is 8.11. The van der Waals surface area contributed by atoms with Gasteiger partial charge in [-0.1, -0.05) is 0 Å². The number of aliphatic hydroxyl groups excluding tert-OH is 2. The minimum absolute atomic E-state index is 0.0498. The van der Waals surface area contributed by atoms with Crippen LogP contribution in [0.3, 0.4) is 0 Å². The number of aliphatic hydroxyl groups is 2. The summed E-state index contributed by atoms with van der Waals surface area (Å²) in [6.45, 7) is 1.62. The Hall–Kier alpha value is -1.85. The number of aromatic nitrogens is 2. The third-order valence-corrected chi connectivity index (χ3v) is 5.66. The molecule has 5 heteroatoms. The first kappa shape index (κ1) is 19.9. The third kappa shape index (κ3) is 6.08. The van der Waals surface area contributed by atoms with Gasteiger partial charge in [-0.05, 0) is 88.0 Å². The van der Waals surface area contributed by atoms with Crippen molar-refractivity contribution in [3.8, 4) is 0 Å². The molecule has 2 N–H and O–H groups in total. The zero-order valence-electron chi connectivity index (χ0n) is 16.1. The number of rotatable bonds is 6. The summed E-state index contributed by atoms with van der Waals surface area (Å²) in [6, 6.07) is 8.13. The molecule has 0 aromatic carbocycles. The molecule has 2 saturated carbocycles. The molecule has 0 radical (unpaired) electrons. The van der Waals surface area contributed by atoms with Crippen LogP contribution >= 0.6 is 0 Å². The number of nitrogens with zero attached hydrogens (tertiary/aromatic N) is 2. The van der Waals surface area contributed by atoms with Gasteiger partial charge in [-0.3, -0.25) is 0 Å². The van der Waals surface area contributed by atoms with Gasteiger partial charge in [0.2, 0.25) is 0 Å². The van der Waals surface area contributed by atoms with Gasteiger partial charge >= 0.3 is 0 Å². The highest BCUT2D eigenvalue weighted by molar-refractivity contribution is 5.75. The van der Waals surface area contributed by atoms with E-state index in [1.54, 1.807) is 13.1 Å². The summed E-state index contributed by atoms with van der Waals surface area (Å²) < 4.78 is 0. The first-order valence-corrected chi connectivity index (χ1v) is 10.1. The van der Waals surface area contributed by atoms with E-state index < -0.39 is 0 Å². The van der Waals surface area contributed by atoms with Crippen LogP contribution < -0.4 is 0 Å². The van der Waals surface area contributed by atoms with Crippen molar-refractivity contribution < 1.29 is 15.0 Å². The van der Waals surface area contributed by atoms with Crippen molar-refractivity contribution in [1.29, 1.82) is 0 Å². The van der Waals surface area contributed by atoms with Gasteiger partial charge in [-0.15, -0.1) is 0 Å². The zero-order chi connectivity index (χ0) is 19.2. The lowest BCUT2D eigenvalue weighted by molar-refractivity contribution is -0.117. The number of aryl methyl sites for hydroxylation is 1. The maximum Gasteiger partial charge on any atom is 0.159 e. The van der Waals surface area contributed by atoms with Crippen molar-refractivity contribution in [3.05, 3.63) is 36.2 Å². The number of hydrogen-bond acceptors (Lipinski definition) is 5. The standard InChI is InChI=1S/C14H16N2O.C8H14O2/c17-13-8-10(9-13)3-5-12-6-4-11-2-1-7-15-14(11)16-12;1-6(9)2-3-7-4-8(10)5-7/h1-2,4,6-7,10,13,17H,3,5,8-9H2;7-8,10H,2-5H2,1H3. The minimum Gasteiger partial charge on any atom is -0.393 e. The predicted octanol–water partition coefficient (Wildman–Crippen LogP) is 3.46. The number of carbonyl (C=O) groups excluding carboxylic acids is 1. The Labute approximate surface area is 160 Å². The molecule has 0 unspecified atom stereocenters. The quantitative estimate of drug-likeness (QED) is 0.814. The van der Waals surface area contributed by atoms with E-state index in [1.165, 1.54) is 0 Å². The minimum atomic E-state index is -0.0723. The van der Waals surface area contributed by atoms with Gasteiger partial charge in [0.15, 0.2) is 5.65 Å². The molecular formula is C22H30N2O3. The smallest absolute Gasteiger partial charge is 0.159 e. The molecule has 4 rings (SSSR count). The second-order valence-corrected chi connectivity index (χ2v) is 8.11. The summed E-state index contributed by atoms with van der Waals surface area (Å²) in [5.74, 6) is 1.58. The molecule has 5 nitrogen and oxygen atoms in total. The van der Waals surface area contributed by atoms with E-state index in [9.17, 15) is 9.90 Å². The predicted molar refractivity (Wildman–Crippen MR) is 105 cm³/mol. The van der Waals surface area contributed by atoms with Gasteiger partial charge in [0.25, 0.3) is 0 Å². The normalized spacial score (nSPS) is 26.5. The molecule has 0 atom stereocenters. The van der Waals surface area contributed by atoms with Crippen LogP contribution in [-0.4, -0.2) is 38.2 Å². The van der Waals surface area contributed by atoms with Crippen molar-refractivity contribution in [2.45, 2.75) is 70.5 Å². The van der Waals surface area contributed by atoms with Crippen molar-refractivity contribution >= 4 is 16.8 Å². The topological polar surface area (TPSA) is 83.3 Å². The summed E-state index contributed by atoms with van der Waals surface area (Å²) in [6.07, 6.45) is 9.19. The highest BCUT2D eigenvalue weighted by Gasteiger charge is 2.27. The van der Waals surface area contributed by atoms with Crippen LogP contribution in [0.4, 0.5) is 0 Å². The van der Waals surface area contributed by atoms with E-state index in [0.717, 1.165) is 61.7 Å². The molecule has 2 aliphatic carbocycles. The Kier molecular flexibility index (Phi) is 6.91. The molecule has 0 bridgehead atoms. The monoisotopic (exact) mass is 370 g/mol. The Morgan fingerprint density at radius 2 is 1.70 bits per heavy atom. The van der Waals surface area contributed by atoms with Crippen molar-refractivity contribution in [3.63, 3.8) is 0 Å². The second kappa shape index (κ2) is 9.38. The Morgan fingerprint density at radius 3 is 2.33 bits per heavy atom. The fourth-order valence-corrected chi connectivity index (χ4v) is 3.76. The highest BCUT2D eigenvalue weighted by Crippen LogP contribution is 2.31. The number of carbonyl (C=O) groups is 1. The Balaban J connectivity index is 0.000000180. The third-order valence-electron chi connectivity index (χ3n) is 5.66. The maximum absolute atomic E-state index is 10.5. The molecule has 0 aliphatic heterocycles. The van der Waals surface area contributed by atoms with Gasteiger partial charge in [0, 0.05) is 23.7 Å². The molecule has 146 valence electrons. The van der Waals surface area contributed by atoms with Gasteiger partial charge in [-0.2, -0.15) is 0 Å². The van der Waals surface area contributed by atoms with Crippen LogP contribution in [0, 0.1) is 11.8 Å². The largest absolute Gasteiger partial charge is 0.393 e. The van der Waals surface area contributed by atoms with E-state index in [2.05, 4.69) is 22.1 Å². The van der Waals surface area contributed by atoms with Gasteiger partial charge in [0.05, 0.1) is 12.2 Å². The zero-order valence-corrected chi connectivity index (χ0v) is 16.1. The lowest BCUT2D eigenvalue weighted by atomic mass is 9.79. The fourth-order valence-electron chi connectivity index (χ4n) is 3.76. The molecule has 0 spiro atoms. The molecule has 0 saturated heterocycles. The average Bonchev–Trinajstić information content (AvgIpc) is 2.61. The van der Waals surface area contributed by atoms with Crippen LogP contribution in [0.25, 0.3) is 11.0 Å². The number of Topliss-reactive ketones (excluding diaryl/α,β-unsaturated/α-hetero) is 1. The summed E-state index contributed by atoms with van der Waals surface area (Å²) in [4.78, 5) is 19.3. The molecule has 2 aromatic rings. The molecular weight excluding hydrogens is 340 g/mol. The van der Waals surface area contributed by atoms with Gasteiger partial charge in [0.1, 0.15) is 5.78 Å². The van der Waals surface area contributed by atoms with Crippen LogP contribution in [-0.2, 0) is 11.2 Å². The van der Waals surface area contributed by atoms with E-state index >= 15 is 0 Å². The van der Waals surface area contributed by atoms with Crippen LogP contribution in [0.2, 0.25) is 0 Å². The van der Waals surface area contributed by atoms with Crippen LogP contribution in [0.5, 0.6) is 0 Å². The van der Waals surface area contributed by atoms with Gasteiger partial charge in [-0.25, -0.2) is 9.97 Å². The number of hydrogen-bond donors (Lipinski definition) is 2. The first-order chi connectivity index (χ1) is 13.0. The van der Waals surface area contributed by atoms with Crippen LogP contribution in [0.15, 0.2) is 30.5 Å². The van der Waals surface area contributed by atoms with Crippen molar-refractivity contribution in [1.82, 2.24) is 9.97 Å². The summed E-state index contributed by atoms with van der Waals surface area (Å²) >= 11 is 0. The SMILES string of the molecule is CC(=O)CCC1CC(O)C1.OC1CC(CCc2ccc3cccnc3n2)C1. The highest BCUT2D eigenvalue weighted by atomic mass is 16.3. The number of ketones is 1. The van der Waals surface area contributed by atoms with E-state index in [-0.39, 0.29) is 18.0 Å². The molecule has 2 aliphatic rings. The van der Waals surface area contributed by atoms with Crippen LogP contribution in [0.1, 0.15) is 57.6 Å². The number of pyridine rings is 2. The van der Waals surface area contributed by atoms with E-state index in [4.69, 9.17) is 5.11 Å². The van der Waals surface area contributed by atoms with E-state index in [1.807, 2.05) is 12.1 Å². The lowest BCUT2D eigenvalue weighted by Gasteiger charge is -2.31. The summed E-state index contributed by atoms with van der Waals surface area (Å²) in [5.41, 5.74) is 1.94. The Morgan fingerprint density at radius 1 is 1.04 bits per heavy atom. The molecule has 0 amide bonds. The average molecular weight is 370 g/mol. The molecule has 2 fully saturated rings. The Bertz CT molecular complexity index is 752. The van der Waals surface area contributed by atoms with E-state index in [0.29, 0.717) is 18.3 Å². The number of fused-ring (bicyclic) bond motifs is 1. The molecule has 2 heterocycles. The van der Waals surface area contributed by atoms with Crippen molar-refractivity contribution in [2.75, 3.05) is 0 Å². The lowest BCUT2D eigenvalue weighted by Crippen LogP contribution is -2.28. The molecule has 2 aromatic heterocycles. The molecule has 27 heavy (non-hydrogen) atoms. The fraction of sp³-hybridized carbons (Fsp3) is 0.591. The first-order valence-electron chi connectivity index (χ1n) is 10.1.